The molecule has 0 aromatic heterocycles. The Hall–Kier alpha value is -1.55. The Bertz CT molecular complexity index is 514. The molecule has 0 bridgehead atoms. The number of para-hydroxylation sites is 1. The average Bonchev–Trinajstić information content (AvgIpc) is 2.25. The van der Waals surface area contributed by atoms with Crippen LogP contribution in [0, 0.1) is 11.6 Å². The van der Waals surface area contributed by atoms with Crippen molar-refractivity contribution in [2.75, 3.05) is 5.73 Å². The molecule has 4 heteroatoms. The number of hydrogen-bond acceptors (Lipinski definition) is 2. The number of hydrogen-bond donors (Lipinski definition) is 1. The number of halogens is 2. The molecule has 0 amide bonds. The van der Waals surface area contributed by atoms with Gasteiger partial charge in [-0.3, -0.25) is 0 Å². The minimum Gasteiger partial charge on any atom is -0.395 e. The Morgan fingerprint density at radius 1 is 1.00 bits per heavy atom. The third kappa shape index (κ3) is 2.33. The van der Waals surface area contributed by atoms with Crippen LogP contribution in [-0.4, -0.2) is 0 Å². The van der Waals surface area contributed by atoms with E-state index >= 15 is 0 Å². The summed E-state index contributed by atoms with van der Waals surface area (Å²) in [5.41, 5.74) is 5.67. The van der Waals surface area contributed by atoms with Gasteiger partial charge in [-0.05, 0) is 30.3 Å². The van der Waals surface area contributed by atoms with E-state index in [1.165, 1.54) is 30.0 Å². The first-order valence-corrected chi connectivity index (χ1v) is 5.46. The van der Waals surface area contributed by atoms with Crippen LogP contribution < -0.4 is 5.73 Å². The highest BCUT2D eigenvalue weighted by molar-refractivity contribution is 7.99. The lowest BCUT2D eigenvalue weighted by molar-refractivity contribution is 0.624. The van der Waals surface area contributed by atoms with Gasteiger partial charge in [-0.25, -0.2) is 8.78 Å². The SMILES string of the molecule is Nc1c(F)cccc1Sc1cccc(F)c1. The maximum absolute atomic E-state index is 13.1. The number of anilines is 1. The number of nitrogens with two attached hydrogens (primary N) is 1. The summed E-state index contributed by atoms with van der Waals surface area (Å²) in [6, 6.07) is 10.7. The minimum absolute atomic E-state index is 0.0942. The van der Waals surface area contributed by atoms with Crippen molar-refractivity contribution in [3.05, 3.63) is 54.1 Å². The molecule has 0 aliphatic heterocycles. The Morgan fingerprint density at radius 3 is 2.50 bits per heavy atom. The van der Waals surface area contributed by atoms with Crippen LogP contribution in [-0.2, 0) is 0 Å². The maximum atomic E-state index is 13.1. The fraction of sp³-hybridized carbons (Fsp3) is 0. The second-order valence-electron chi connectivity index (χ2n) is 3.21. The van der Waals surface area contributed by atoms with Gasteiger partial charge in [0.25, 0.3) is 0 Å². The van der Waals surface area contributed by atoms with Crippen molar-refractivity contribution in [3.8, 4) is 0 Å². The molecule has 0 atom stereocenters. The van der Waals surface area contributed by atoms with Gasteiger partial charge in [-0.2, -0.15) is 0 Å². The topological polar surface area (TPSA) is 26.0 Å². The largest absolute Gasteiger partial charge is 0.395 e. The van der Waals surface area contributed by atoms with Gasteiger partial charge < -0.3 is 5.73 Å². The molecule has 0 saturated carbocycles. The van der Waals surface area contributed by atoms with Crippen LogP contribution in [0.25, 0.3) is 0 Å². The molecular formula is C12H9F2NS. The van der Waals surface area contributed by atoms with Crippen LogP contribution >= 0.6 is 11.8 Å². The predicted octanol–water partition coefficient (Wildman–Crippen LogP) is 3.70. The van der Waals surface area contributed by atoms with Crippen molar-refractivity contribution >= 4 is 17.4 Å². The quantitative estimate of drug-likeness (QED) is 0.806. The van der Waals surface area contributed by atoms with Gasteiger partial charge in [-0.15, -0.1) is 0 Å². The number of nitrogen functional groups attached to an aromatic ring is 1. The molecule has 0 radical (unpaired) electrons. The van der Waals surface area contributed by atoms with Crippen LogP contribution in [0.4, 0.5) is 14.5 Å². The third-order valence-corrected chi connectivity index (χ3v) is 3.10. The van der Waals surface area contributed by atoms with E-state index in [0.29, 0.717) is 9.79 Å². The Morgan fingerprint density at radius 2 is 1.75 bits per heavy atom. The van der Waals surface area contributed by atoms with E-state index in [4.69, 9.17) is 5.73 Å². The molecule has 16 heavy (non-hydrogen) atoms. The van der Waals surface area contributed by atoms with E-state index in [0.717, 1.165) is 0 Å². The molecule has 2 rings (SSSR count). The van der Waals surface area contributed by atoms with E-state index in [9.17, 15) is 8.78 Å². The maximum Gasteiger partial charge on any atom is 0.147 e. The molecule has 0 saturated heterocycles. The summed E-state index contributed by atoms with van der Waals surface area (Å²) >= 11 is 1.24. The molecule has 82 valence electrons. The van der Waals surface area contributed by atoms with Gasteiger partial charge in [0.1, 0.15) is 11.6 Å². The van der Waals surface area contributed by atoms with Crippen LogP contribution in [0.15, 0.2) is 52.3 Å². The van der Waals surface area contributed by atoms with Gasteiger partial charge in [0.15, 0.2) is 0 Å². The first-order valence-electron chi connectivity index (χ1n) is 4.64. The number of rotatable bonds is 2. The van der Waals surface area contributed by atoms with Crippen LogP contribution in [0.5, 0.6) is 0 Å². The molecule has 2 aromatic carbocycles. The van der Waals surface area contributed by atoms with E-state index in [1.54, 1.807) is 24.3 Å². The molecule has 0 aliphatic carbocycles. The van der Waals surface area contributed by atoms with Crippen molar-refractivity contribution in [2.24, 2.45) is 0 Å². The van der Waals surface area contributed by atoms with Crippen molar-refractivity contribution in [3.63, 3.8) is 0 Å². The highest BCUT2D eigenvalue weighted by atomic mass is 32.2. The lowest BCUT2D eigenvalue weighted by atomic mass is 10.3. The number of benzene rings is 2. The normalized spacial score (nSPS) is 10.4. The highest BCUT2D eigenvalue weighted by Crippen LogP contribution is 2.33. The first-order chi connectivity index (χ1) is 7.66. The van der Waals surface area contributed by atoms with Gasteiger partial charge in [-0.1, -0.05) is 23.9 Å². The zero-order valence-corrected chi connectivity index (χ0v) is 9.10. The minimum atomic E-state index is -0.457. The molecule has 0 unspecified atom stereocenters. The van der Waals surface area contributed by atoms with Gasteiger partial charge in [0.05, 0.1) is 5.69 Å². The Balaban J connectivity index is 2.31. The van der Waals surface area contributed by atoms with Crippen LogP contribution in [0.1, 0.15) is 0 Å². The molecule has 1 nitrogen and oxygen atoms in total. The van der Waals surface area contributed by atoms with Crippen LogP contribution in [0.2, 0.25) is 0 Å². The van der Waals surface area contributed by atoms with Crippen molar-refractivity contribution in [1.82, 2.24) is 0 Å². The van der Waals surface area contributed by atoms with Crippen molar-refractivity contribution in [1.29, 1.82) is 0 Å². The smallest absolute Gasteiger partial charge is 0.147 e. The average molecular weight is 237 g/mol. The third-order valence-electron chi connectivity index (χ3n) is 2.04. The summed E-state index contributed by atoms with van der Waals surface area (Å²) < 4.78 is 26.1. The van der Waals surface area contributed by atoms with E-state index < -0.39 is 5.82 Å². The summed E-state index contributed by atoms with van der Waals surface area (Å²) in [4.78, 5) is 1.28. The van der Waals surface area contributed by atoms with Gasteiger partial charge in [0, 0.05) is 9.79 Å². The summed E-state index contributed by atoms with van der Waals surface area (Å²) in [5, 5.41) is 0. The lowest BCUT2D eigenvalue weighted by Crippen LogP contribution is -1.92. The zero-order valence-electron chi connectivity index (χ0n) is 8.28. The summed E-state index contributed by atoms with van der Waals surface area (Å²) in [7, 11) is 0. The van der Waals surface area contributed by atoms with Gasteiger partial charge in [0.2, 0.25) is 0 Å². The van der Waals surface area contributed by atoms with E-state index in [-0.39, 0.29) is 11.5 Å². The molecule has 2 aromatic rings. The molecule has 0 aliphatic rings. The fourth-order valence-electron chi connectivity index (χ4n) is 1.26. The van der Waals surface area contributed by atoms with E-state index in [1.807, 2.05) is 0 Å². The predicted molar refractivity (Wildman–Crippen MR) is 61.3 cm³/mol. The summed E-state index contributed by atoms with van der Waals surface area (Å²) in [6.45, 7) is 0. The highest BCUT2D eigenvalue weighted by Gasteiger charge is 2.06. The van der Waals surface area contributed by atoms with Crippen molar-refractivity contribution < 1.29 is 8.78 Å². The monoisotopic (exact) mass is 237 g/mol. The lowest BCUT2D eigenvalue weighted by Gasteiger charge is -2.05. The fourth-order valence-corrected chi connectivity index (χ4v) is 2.19. The first kappa shape index (κ1) is 11.0. The Kier molecular flexibility index (Phi) is 3.10. The zero-order chi connectivity index (χ0) is 11.5. The second kappa shape index (κ2) is 4.53. The molecule has 0 heterocycles. The Labute approximate surface area is 96.3 Å². The van der Waals surface area contributed by atoms with E-state index in [2.05, 4.69) is 0 Å². The molecule has 2 N–H and O–H groups in total. The standard InChI is InChI=1S/C12H9F2NS/c13-8-3-1-4-9(7-8)16-11-6-2-5-10(14)12(11)15/h1-7H,15H2. The summed E-state index contributed by atoms with van der Waals surface area (Å²) in [5.74, 6) is -0.777. The van der Waals surface area contributed by atoms with Gasteiger partial charge >= 0.3 is 0 Å². The summed E-state index contributed by atoms with van der Waals surface area (Å²) in [6.07, 6.45) is 0. The van der Waals surface area contributed by atoms with Crippen LogP contribution in [0.3, 0.4) is 0 Å². The molecule has 0 fully saturated rings. The molecule has 0 spiro atoms. The van der Waals surface area contributed by atoms with Crippen molar-refractivity contribution in [2.45, 2.75) is 9.79 Å². The second-order valence-corrected chi connectivity index (χ2v) is 4.33. The molecular weight excluding hydrogens is 228 g/mol.